The predicted molar refractivity (Wildman–Crippen MR) is 64.7 cm³/mol. The van der Waals surface area contributed by atoms with Gasteiger partial charge in [-0.15, -0.1) is 0 Å². The number of imidazole rings is 1. The van der Waals surface area contributed by atoms with Gasteiger partial charge in [-0.2, -0.15) is 0 Å². The molecule has 2 aromatic heterocycles. The van der Waals surface area contributed by atoms with Gasteiger partial charge in [-0.1, -0.05) is 6.07 Å². The van der Waals surface area contributed by atoms with Gasteiger partial charge in [-0.25, -0.2) is 4.98 Å². The molecule has 1 aliphatic heterocycles. The van der Waals surface area contributed by atoms with Crippen LogP contribution in [0.15, 0.2) is 30.6 Å². The predicted octanol–water partition coefficient (Wildman–Crippen LogP) is 2.14. The molecule has 1 saturated heterocycles. The number of aromatic nitrogens is 2. The largest absolute Gasteiger partial charge is 0.306 e. The molecule has 1 fully saturated rings. The molecular weight excluding hydrogens is 198 g/mol. The van der Waals surface area contributed by atoms with Crippen LogP contribution in [0.1, 0.15) is 24.5 Å². The summed E-state index contributed by atoms with van der Waals surface area (Å²) < 4.78 is 2.23. The van der Waals surface area contributed by atoms with Crippen LogP contribution in [0.5, 0.6) is 0 Å². The standard InChI is InChI=1S/C13H17N3/c1-15-8-3-4-11(10-15)12-5-2-6-13-14-7-9-16(12)13/h2,5-7,9,11H,3-4,8,10H2,1H3/t11-/m0/s1. The highest BCUT2D eigenvalue weighted by atomic mass is 15.1. The third-order valence-corrected chi connectivity index (χ3v) is 3.50. The molecule has 0 saturated carbocycles. The highest BCUT2D eigenvalue weighted by Gasteiger charge is 2.20. The average molecular weight is 215 g/mol. The summed E-state index contributed by atoms with van der Waals surface area (Å²) in [6.45, 7) is 2.40. The summed E-state index contributed by atoms with van der Waals surface area (Å²) in [6, 6.07) is 6.42. The first-order valence-corrected chi connectivity index (χ1v) is 5.95. The van der Waals surface area contributed by atoms with E-state index in [0.717, 1.165) is 12.2 Å². The molecule has 1 atom stereocenters. The van der Waals surface area contributed by atoms with Crippen LogP contribution >= 0.6 is 0 Å². The first kappa shape index (κ1) is 9.85. The van der Waals surface area contributed by atoms with Gasteiger partial charge in [0.25, 0.3) is 0 Å². The number of fused-ring (bicyclic) bond motifs is 1. The number of pyridine rings is 1. The molecule has 0 amide bonds. The SMILES string of the molecule is CN1CCC[C@H](c2cccc3nccn23)C1. The molecule has 3 nitrogen and oxygen atoms in total. The number of hydrogen-bond donors (Lipinski definition) is 0. The Morgan fingerprint density at radius 3 is 3.19 bits per heavy atom. The van der Waals surface area contributed by atoms with Crippen LogP contribution in [0.4, 0.5) is 0 Å². The molecule has 84 valence electrons. The molecule has 0 unspecified atom stereocenters. The summed E-state index contributed by atoms with van der Waals surface area (Å²) in [5, 5.41) is 0. The number of likely N-dealkylation sites (tertiary alicyclic amines) is 1. The lowest BCUT2D eigenvalue weighted by molar-refractivity contribution is 0.248. The van der Waals surface area contributed by atoms with Crippen LogP contribution in [-0.2, 0) is 0 Å². The van der Waals surface area contributed by atoms with Crippen molar-refractivity contribution >= 4 is 5.65 Å². The smallest absolute Gasteiger partial charge is 0.136 e. The minimum atomic E-state index is 0.650. The summed E-state index contributed by atoms with van der Waals surface area (Å²) >= 11 is 0. The Morgan fingerprint density at radius 2 is 2.31 bits per heavy atom. The lowest BCUT2D eigenvalue weighted by Crippen LogP contribution is -2.31. The molecule has 3 rings (SSSR count). The molecular formula is C13H17N3. The second kappa shape index (κ2) is 3.91. The van der Waals surface area contributed by atoms with Crippen LogP contribution in [0, 0.1) is 0 Å². The number of piperidine rings is 1. The molecule has 2 aromatic rings. The van der Waals surface area contributed by atoms with Crippen molar-refractivity contribution in [3.63, 3.8) is 0 Å². The molecule has 3 heterocycles. The zero-order valence-electron chi connectivity index (χ0n) is 9.63. The van der Waals surface area contributed by atoms with E-state index in [-0.39, 0.29) is 0 Å². The second-order valence-corrected chi connectivity index (χ2v) is 4.71. The number of hydrogen-bond acceptors (Lipinski definition) is 2. The maximum absolute atomic E-state index is 4.34. The lowest BCUT2D eigenvalue weighted by Gasteiger charge is -2.30. The van der Waals surface area contributed by atoms with Gasteiger partial charge in [0.15, 0.2) is 0 Å². The molecule has 0 aromatic carbocycles. The van der Waals surface area contributed by atoms with E-state index in [1.54, 1.807) is 0 Å². The number of nitrogens with zero attached hydrogens (tertiary/aromatic N) is 3. The van der Waals surface area contributed by atoms with Gasteiger partial charge in [0, 0.05) is 30.6 Å². The van der Waals surface area contributed by atoms with Crippen molar-refractivity contribution < 1.29 is 0 Å². The maximum atomic E-state index is 4.34. The van der Waals surface area contributed by atoms with Crippen LogP contribution in [0.3, 0.4) is 0 Å². The first-order valence-electron chi connectivity index (χ1n) is 5.95. The molecule has 0 spiro atoms. The van der Waals surface area contributed by atoms with Crippen LogP contribution < -0.4 is 0 Å². The third kappa shape index (κ3) is 1.61. The van der Waals surface area contributed by atoms with E-state index in [1.165, 1.54) is 25.1 Å². The fraction of sp³-hybridized carbons (Fsp3) is 0.462. The van der Waals surface area contributed by atoms with E-state index in [0.29, 0.717) is 5.92 Å². The Kier molecular flexibility index (Phi) is 2.40. The molecule has 0 N–H and O–H groups in total. The van der Waals surface area contributed by atoms with Crippen LogP contribution in [-0.4, -0.2) is 34.4 Å². The van der Waals surface area contributed by atoms with Crippen molar-refractivity contribution in [1.29, 1.82) is 0 Å². The van der Waals surface area contributed by atoms with E-state index in [2.05, 4.69) is 45.7 Å². The van der Waals surface area contributed by atoms with Crippen molar-refractivity contribution in [1.82, 2.24) is 14.3 Å². The summed E-state index contributed by atoms with van der Waals surface area (Å²) in [6.07, 6.45) is 6.54. The van der Waals surface area contributed by atoms with Gasteiger partial charge in [0.05, 0.1) is 0 Å². The monoisotopic (exact) mass is 215 g/mol. The highest BCUT2D eigenvalue weighted by Crippen LogP contribution is 2.26. The van der Waals surface area contributed by atoms with Gasteiger partial charge >= 0.3 is 0 Å². The van der Waals surface area contributed by atoms with Gasteiger partial charge < -0.3 is 9.30 Å². The minimum absolute atomic E-state index is 0.650. The quantitative estimate of drug-likeness (QED) is 0.726. The fourth-order valence-electron chi connectivity index (χ4n) is 2.71. The normalized spacial score (nSPS) is 22.7. The van der Waals surface area contributed by atoms with Crippen molar-refractivity contribution in [2.75, 3.05) is 20.1 Å². The van der Waals surface area contributed by atoms with Crippen molar-refractivity contribution in [2.24, 2.45) is 0 Å². The molecule has 0 radical (unpaired) electrons. The third-order valence-electron chi connectivity index (χ3n) is 3.50. The molecule has 0 bridgehead atoms. The van der Waals surface area contributed by atoms with Gasteiger partial charge in [0.1, 0.15) is 5.65 Å². The topological polar surface area (TPSA) is 20.5 Å². The van der Waals surface area contributed by atoms with Crippen LogP contribution in [0.2, 0.25) is 0 Å². The van der Waals surface area contributed by atoms with Gasteiger partial charge in [-0.3, -0.25) is 0 Å². The molecule has 0 aliphatic carbocycles. The van der Waals surface area contributed by atoms with Crippen molar-refractivity contribution in [2.45, 2.75) is 18.8 Å². The molecule has 16 heavy (non-hydrogen) atoms. The Bertz CT molecular complexity index is 489. The first-order chi connectivity index (χ1) is 7.84. The zero-order chi connectivity index (χ0) is 11.0. The van der Waals surface area contributed by atoms with Gasteiger partial charge in [-0.05, 0) is 38.6 Å². The van der Waals surface area contributed by atoms with E-state index < -0.39 is 0 Å². The summed E-state index contributed by atoms with van der Waals surface area (Å²) in [4.78, 5) is 6.76. The Balaban J connectivity index is 2.01. The van der Waals surface area contributed by atoms with E-state index in [1.807, 2.05) is 6.20 Å². The highest BCUT2D eigenvalue weighted by molar-refractivity contribution is 5.40. The summed E-state index contributed by atoms with van der Waals surface area (Å²) in [7, 11) is 2.21. The zero-order valence-corrected chi connectivity index (χ0v) is 9.63. The maximum Gasteiger partial charge on any atom is 0.136 e. The fourth-order valence-corrected chi connectivity index (χ4v) is 2.71. The Labute approximate surface area is 95.7 Å². The van der Waals surface area contributed by atoms with E-state index >= 15 is 0 Å². The van der Waals surface area contributed by atoms with Crippen LogP contribution in [0.25, 0.3) is 5.65 Å². The van der Waals surface area contributed by atoms with E-state index in [9.17, 15) is 0 Å². The van der Waals surface area contributed by atoms with Gasteiger partial charge in [0.2, 0.25) is 0 Å². The average Bonchev–Trinajstić information content (AvgIpc) is 2.76. The second-order valence-electron chi connectivity index (χ2n) is 4.71. The Morgan fingerprint density at radius 1 is 1.38 bits per heavy atom. The molecule has 3 heteroatoms. The van der Waals surface area contributed by atoms with Crippen molar-refractivity contribution in [3.05, 3.63) is 36.3 Å². The summed E-state index contributed by atoms with van der Waals surface area (Å²) in [5.74, 6) is 0.650. The Hall–Kier alpha value is -1.35. The minimum Gasteiger partial charge on any atom is -0.306 e. The van der Waals surface area contributed by atoms with Crippen molar-refractivity contribution in [3.8, 4) is 0 Å². The molecule has 1 aliphatic rings. The number of likely N-dealkylation sites (N-methyl/N-ethyl adjacent to an activating group) is 1. The lowest BCUT2D eigenvalue weighted by atomic mass is 9.94. The number of rotatable bonds is 1. The van der Waals surface area contributed by atoms with E-state index in [4.69, 9.17) is 0 Å². The summed E-state index contributed by atoms with van der Waals surface area (Å²) in [5.41, 5.74) is 2.47.